The van der Waals surface area contributed by atoms with Crippen molar-refractivity contribution in [2.45, 2.75) is 62.3 Å². The Morgan fingerprint density at radius 2 is 1.73 bits per heavy atom. The zero-order chi connectivity index (χ0) is 21.6. The molecule has 1 saturated heterocycles. The van der Waals surface area contributed by atoms with Crippen molar-refractivity contribution in [2.24, 2.45) is 5.92 Å². The summed E-state index contributed by atoms with van der Waals surface area (Å²) in [5.74, 6) is -0.656. The second-order valence-electron chi connectivity index (χ2n) is 8.10. The number of halogens is 1. The summed E-state index contributed by atoms with van der Waals surface area (Å²) in [6.07, 6.45) is 7.07. The fraction of sp³-hybridized carbons (Fsp3) is 0.619. The first-order chi connectivity index (χ1) is 14.4. The summed E-state index contributed by atoms with van der Waals surface area (Å²) < 4.78 is 27.1. The molecule has 0 bridgehead atoms. The average molecular weight is 456 g/mol. The number of hydrogen-bond donors (Lipinski definition) is 2. The minimum atomic E-state index is -3.67. The lowest BCUT2D eigenvalue weighted by molar-refractivity contribution is -0.126. The zero-order valence-electron chi connectivity index (χ0n) is 17.1. The number of sulfonamides is 1. The van der Waals surface area contributed by atoms with Crippen molar-refractivity contribution in [3.8, 4) is 0 Å². The van der Waals surface area contributed by atoms with Crippen LogP contribution in [0, 0.1) is 5.92 Å². The van der Waals surface area contributed by atoms with Crippen molar-refractivity contribution in [1.82, 2.24) is 14.9 Å². The SMILES string of the molecule is O=C(CCNC(=O)[C@@H]1CCCN(S(=O)(=O)c2ccc(Cl)cc2)C1)NC1CCCCC1. The molecule has 1 atom stereocenters. The summed E-state index contributed by atoms with van der Waals surface area (Å²) in [4.78, 5) is 24.8. The number of nitrogens with one attached hydrogen (secondary N) is 2. The highest BCUT2D eigenvalue weighted by atomic mass is 35.5. The van der Waals surface area contributed by atoms with Crippen LogP contribution in [0.2, 0.25) is 5.02 Å². The standard InChI is InChI=1S/C21H30ClN3O4S/c22-17-8-10-19(11-9-17)30(28,29)25-14-4-5-16(15-25)21(27)23-13-12-20(26)24-18-6-2-1-3-7-18/h8-11,16,18H,1-7,12-15H2,(H,23,27)(H,24,26)/t16-/m1/s1. The van der Waals surface area contributed by atoms with Crippen LogP contribution in [-0.4, -0.2) is 50.2 Å². The number of carbonyl (C=O) groups is 2. The molecule has 2 fully saturated rings. The van der Waals surface area contributed by atoms with Crippen LogP contribution in [0.25, 0.3) is 0 Å². The van der Waals surface area contributed by atoms with E-state index < -0.39 is 15.9 Å². The van der Waals surface area contributed by atoms with Gasteiger partial charge in [0.1, 0.15) is 0 Å². The minimum Gasteiger partial charge on any atom is -0.355 e. The Kier molecular flexibility index (Phi) is 8.13. The topological polar surface area (TPSA) is 95.6 Å². The molecule has 166 valence electrons. The lowest BCUT2D eigenvalue weighted by Gasteiger charge is -2.31. The summed E-state index contributed by atoms with van der Waals surface area (Å²) in [5.41, 5.74) is 0. The number of rotatable bonds is 7. The van der Waals surface area contributed by atoms with Crippen molar-refractivity contribution in [3.63, 3.8) is 0 Å². The van der Waals surface area contributed by atoms with E-state index in [-0.39, 0.29) is 42.3 Å². The second kappa shape index (κ2) is 10.6. The third kappa shape index (κ3) is 6.18. The molecule has 2 amide bonds. The van der Waals surface area contributed by atoms with Gasteiger partial charge in [-0.1, -0.05) is 30.9 Å². The van der Waals surface area contributed by atoms with Crippen LogP contribution in [0.3, 0.4) is 0 Å². The van der Waals surface area contributed by atoms with Crippen molar-refractivity contribution in [2.75, 3.05) is 19.6 Å². The molecule has 3 rings (SSSR count). The predicted octanol–water partition coefficient (Wildman–Crippen LogP) is 2.70. The smallest absolute Gasteiger partial charge is 0.243 e. The summed E-state index contributed by atoms with van der Waals surface area (Å²) in [5, 5.41) is 6.30. The third-order valence-corrected chi connectivity index (χ3v) is 7.96. The number of piperidine rings is 1. The van der Waals surface area contributed by atoms with E-state index in [0.717, 1.165) is 25.7 Å². The van der Waals surface area contributed by atoms with Crippen LogP contribution in [-0.2, 0) is 19.6 Å². The van der Waals surface area contributed by atoms with Gasteiger partial charge in [-0.3, -0.25) is 9.59 Å². The predicted molar refractivity (Wildman–Crippen MR) is 116 cm³/mol. The number of amides is 2. The Morgan fingerprint density at radius 1 is 1.03 bits per heavy atom. The number of nitrogens with zero attached hydrogens (tertiary/aromatic N) is 1. The van der Waals surface area contributed by atoms with Crippen molar-refractivity contribution in [3.05, 3.63) is 29.3 Å². The molecule has 0 unspecified atom stereocenters. The van der Waals surface area contributed by atoms with Crippen LogP contribution >= 0.6 is 11.6 Å². The van der Waals surface area contributed by atoms with Gasteiger partial charge in [-0.2, -0.15) is 4.31 Å². The molecule has 9 heteroatoms. The molecular formula is C21H30ClN3O4S. The highest BCUT2D eigenvalue weighted by Gasteiger charge is 2.33. The normalized spacial score (nSPS) is 21.2. The fourth-order valence-corrected chi connectivity index (χ4v) is 5.77. The molecule has 0 spiro atoms. The van der Waals surface area contributed by atoms with Gasteiger partial charge < -0.3 is 10.6 Å². The first-order valence-corrected chi connectivity index (χ1v) is 12.5. The van der Waals surface area contributed by atoms with Gasteiger partial charge in [0.25, 0.3) is 0 Å². The lowest BCUT2D eigenvalue weighted by Crippen LogP contribution is -2.46. The minimum absolute atomic E-state index is 0.0437. The molecule has 30 heavy (non-hydrogen) atoms. The molecule has 0 aromatic heterocycles. The van der Waals surface area contributed by atoms with E-state index in [1.54, 1.807) is 12.1 Å². The third-order valence-electron chi connectivity index (χ3n) is 5.83. The fourth-order valence-electron chi connectivity index (χ4n) is 4.12. The Hall–Kier alpha value is -1.64. The molecule has 2 aliphatic rings. The Bertz CT molecular complexity index is 838. The average Bonchev–Trinajstić information content (AvgIpc) is 2.75. The quantitative estimate of drug-likeness (QED) is 0.660. The van der Waals surface area contributed by atoms with Crippen LogP contribution in [0.4, 0.5) is 0 Å². The lowest BCUT2D eigenvalue weighted by atomic mass is 9.95. The second-order valence-corrected chi connectivity index (χ2v) is 10.5. The Morgan fingerprint density at radius 3 is 2.43 bits per heavy atom. The highest BCUT2D eigenvalue weighted by molar-refractivity contribution is 7.89. The van der Waals surface area contributed by atoms with Gasteiger partial charge in [0.05, 0.1) is 10.8 Å². The first kappa shape index (κ1) is 23.0. The van der Waals surface area contributed by atoms with Crippen LogP contribution < -0.4 is 10.6 Å². The molecule has 1 heterocycles. The maximum absolute atomic E-state index is 12.9. The van der Waals surface area contributed by atoms with E-state index >= 15 is 0 Å². The summed E-state index contributed by atoms with van der Waals surface area (Å²) in [6.45, 7) is 0.793. The van der Waals surface area contributed by atoms with Crippen molar-refractivity contribution >= 4 is 33.4 Å². The van der Waals surface area contributed by atoms with E-state index in [1.807, 2.05) is 0 Å². The van der Waals surface area contributed by atoms with Gasteiger partial charge in [0.2, 0.25) is 21.8 Å². The van der Waals surface area contributed by atoms with Crippen LogP contribution in [0.1, 0.15) is 51.4 Å². The van der Waals surface area contributed by atoms with E-state index in [2.05, 4.69) is 10.6 Å². The zero-order valence-corrected chi connectivity index (χ0v) is 18.7. The van der Waals surface area contributed by atoms with Crippen molar-refractivity contribution in [1.29, 1.82) is 0 Å². The van der Waals surface area contributed by atoms with Gasteiger partial charge in [0.15, 0.2) is 0 Å². The first-order valence-electron chi connectivity index (χ1n) is 10.7. The number of hydrogen-bond acceptors (Lipinski definition) is 4. The molecule has 1 aliphatic heterocycles. The van der Waals surface area contributed by atoms with E-state index in [9.17, 15) is 18.0 Å². The van der Waals surface area contributed by atoms with Gasteiger partial charge in [-0.25, -0.2) is 8.42 Å². The van der Waals surface area contributed by atoms with Crippen LogP contribution in [0.5, 0.6) is 0 Å². The molecule has 1 aromatic carbocycles. The monoisotopic (exact) mass is 455 g/mol. The molecule has 7 nitrogen and oxygen atoms in total. The van der Waals surface area contributed by atoms with E-state index in [4.69, 9.17) is 11.6 Å². The molecule has 1 aliphatic carbocycles. The maximum atomic E-state index is 12.9. The Labute approximate surface area is 183 Å². The van der Waals surface area contributed by atoms with Crippen LogP contribution in [0.15, 0.2) is 29.2 Å². The summed E-state index contributed by atoms with van der Waals surface area (Å²) in [6, 6.07) is 6.30. The van der Waals surface area contributed by atoms with Gasteiger partial charge in [0, 0.05) is 37.1 Å². The molecule has 1 saturated carbocycles. The molecule has 2 N–H and O–H groups in total. The van der Waals surface area contributed by atoms with Gasteiger partial charge >= 0.3 is 0 Å². The number of benzene rings is 1. The maximum Gasteiger partial charge on any atom is 0.243 e. The molecular weight excluding hydrogens is 426 g/mol. The van der Waals surface area contributed by atoms with E-state index in [1.165, 1.54) is 22.9 Å². The van der Waals surface area contributed by atoms with Gasteiger partial charge in [-0.15, -0.1) is 0 Å². The largest absolute Gasteiger partial charge is 0.355 e. The molecule has 0 radical (unpaired) electrons. The summed E-state index contributed by atoms with van der Waals surface area (Å²) in [7, 11) is -3.67. The number of carbonyl (C=O) groups excluding carboxylic acids is 2. The van der Waals surface area contributed by atoms with Crippen molar-refractivity contribution < 1.29 is 18.0 Å². The van der Waals surface area contributed by atoms with Gasteiger partial charge in [-0.05, 0) is 49.9 Å². The van der Waals surface area contributed by atoms with E-state index in [0.29, 0.717) is 24.4 Å². The summed E-state index contributed by atoms with van der Waals surface area (Å²) >= 11 is 5.85. The highest BCUT2D eigenvalue weighted by Crippen LogP contribution is 2.25. The Balaban J connectivity index is 1.46. The molecule has 1 aromatic rings.